The van der Waals surface area contributed by atoms with Gasteiger partial charge in [0.05, 0.1) is 5.69 Å². The molecule has 1 amide bonds. The molecule has 9 heteroatoms. The first-order valence-electron chi connectivity index (χ1n) is 6.63. The normalized spacial score (nSPS) is 12.2. The maximum absolute atomic E-state index is 12.1. The molecule has 1 heterocycles. The summed E-state index contributed by atoms with van der Waals surface area (Å²) in [6.07, 6.45) is -0.543. The summed E-state index contributed by atoms with van der Waals surface area (Å²) in [6, 6.07) is 5.24. The van der Waals surface area contributed by atoms with Crippen molar-refractivity contribution in [1.29, 1.82) is 0 Å². The van der Waals surface area contributed by atoms with Gasteiger partial charge >= 0.3 is 0 Å². The highest BCUT2D eigenvalue weighted by molar-refractivity contribution is 7.99. The van der Waals surface area contributed by atoms with E-state index >= 15 is 0 Å². The molecule has 1 aromatic heterocycles. The monoisotopic (exact) mass is 341 g/mol. The lowest BCUT2D eigenvalue weighted by atomic mass is 10.3. The molecule has 0 bridgehead atoms. The lowest BCUT2D eigenvalue weighted by Gasteiger charge is -2.14. The van der Waals surface area contributed by atoms with E-state index in [1.165, 1.54) is 11.8 Å². The van der Waals surface area contributed by atoms with Crippen LogP contribution in [0.2, 0.25) is 5.02 Å². The number of ether oxygens (including phenoxy) is 1. The number of hydrogen-bond donors (Lipinski definition) is 1. The van der Waals surface area contributed by atoms with Gasteiger partial charge in [0, 0.05) is 23.6 Å². The number of amides is 1. The molecule has 0 saturated carbocycles. The molecule has 22 heavy (non-hydrogen) atoms. The number of nitrogens with zero attached hydrogens (tertiary/aromatic N) is 4. The van der Waals surface area contributed by atoms with Crippen molar-refractivity contribution in [1.82, 2.24) is 20.2 Å². The van der Waals surface area contributed by atoms with Gasteiger partial charge in [0.2, 0.25) is 5.16 Å². The fourth-order valence-corrected chi connectivity index (χ4v) is 2.63. The summed E-state index contributed by atoms with van der Waals surface area (Å²) in [7, 11) is 1.74. The third-order valence-electron chi connectivity index (χ3n) is 2.77. The molecule has 0 fully saturated rings. The van der Waals surface area contributed by atoms with E-state index in [9.17, 15) is 4.79 Å². The second kappa shape index (κ2) is 7.57. The van der Waals surface area contributed by atoms with Gasteiger partial charge in [0.15, 0.2) is 0 Å². The lowest BCUT2D eigenvalue weighted by molar-refractivity contribution is -0.126. The molecule has 1 N–H and O–H groups in total. The van der Waals surface area contributed by atoms with E-state index in [4.69, 9.17) is 16.3 Å². The van der Waals surface area contributed by atoms with Crippen molar-refractivity contribution < 1.29 is 9.53 Å². The number of halogens is 1. The first-order valence-corrected chi connectivity index (χ1v) is 7.83. The second-order valence-corrected chi connectivity index (χ2v) is 5.86. The van der Waals surface area contributed by atoms with Crippen LogP contribution in [0.25, 0.3) is 0 Å². The van der Waals surface area contributed by atoms with Crippen LogP contribution in [0.15, 0.2) is 28.3 Å². The summed E-state index contributed by atoms with van der Waals surface area (Å²) in [5.74, 6) is -0.234. The smallest absolute Gasteiger partial charge is 0.253 e. The Bertz CT molecular complexity index is 664. The Labute approximate surface area is 137 Å². The van der Waals surface area contributed by atoms with Gasteiger partial charge in [-0.05, 0) is 54.2 Å². The van der Waals surface area contributed by atoms with Crippen molar-refractivity contribution in [3.63, 3.8) is 0 Å². The Morgan fingerprint density at radius 1 is 1.55 bits per heavy atom. The Balaban J connectivity index is 2.21. The van der Waals surface area contributed by atoms with E-state index in [1.807, 2.05) is 13.0 Å². The summed E-state index contributed by atoms with van der Waals surface area (Å²) < 4.78 is 6.83. The number of tetrazole rings is 1. The fraction of sp³-hybridized carbons (Fsp3) is 0.385. The topological polar surface area (TPSA) is 81.9 Å². The fourth-order valence-electron chi connectivity index (χ4n) is 1.65. The van der Waals surface area contributed by atoms with Gasteiger partial charge in [-0.15, -0.1) is 5.10 Å². The van der Waals surface area contributed by atoms with E-state index < -0.39 is 6.10 Å². The average Bonchev–Trinajstić information content (AvgIpc) is 2.87. The van der Waals surface area contributed by atoms with Gasteiger partial charge < -0.3 is 10.1 Å². The van der Waals surface area contributed by atoms with Crippen LogP contribution in [0.1, 0.15) is 13.8 Å². The number of anilines is 1. The van der Waals surface area contributed by atoms with E-state index in [0.717, 1.165) is 4.90 Å². The van der Waals surface area contributed by atoms with Crippen molar-refractivity contribution in [2.75, 3.05) is 11.9 Å². The molecule has 1 aromatic carbocycles. The van der Waals surface area contributed by atoms with E-state index in [2.05, 4.69) is 20.8 Å². The maximum Gasteiger partial charge on any atom is 0.253 e. The maximum atomic E-state index is 12.1. The van der Waals surface area contributed by atoms with Gasteiger partial charge in [-0.25, -0.2) is 4.68 Å². The van der Waals surface area contributed by atoms with Crippen LogP contribution in [0.4, 0.5) is 5.69 Å². The predicted molar refractivity (Wildman–Crippen MR) is 84.1 cm³/mol. The van der Waals surface area contributed by atoms with Crippen molar-refractivity contribution in [2.45, 2.75) is 30.0 Å². The van der Waals surface area contributed by atoms with Crippen molar-refractivity contribution in [2.24, 2.45) is 7.05 Å². The quantitative estimate of drug-likeness (QED) is 0.868. The van der Waals surface area contributed by atoms with Crippen LogP contribution < -0.4 is 5.32 Å². The molecule has 0 aliphatic heterocycles. The highest BCUT2D eigenvalue weighted by atomic mass is 35.5. The zero-order chi connectivity index (χ0) is 16.1. The number of nitrogens with one attached hydrogen (secondary N) is 1. The Morgan fingerprint density at radius 2 is 2.32 bits per heavy atom. The Morgan fingerprint density at radius 3 is 2.95 bits per heavy atom. The zero-order valence-corrected chi connectivity index (χ0v) is 14.0. The molecule has 0 aliphatic rings. The molecule has 0 radical (unpaired) electrons. The summed E-state index contributed by atoms with van der Waals surface area (Å²) in [6.45, 7) is 4.00. The number of hydrogen-bond acceptors (Lipinski definition) is 6. The molecular weight excluding hydrogens is 326 g/mol. The highest BCUT2D eigenvalue weighted by Crippen LogP contribution is 2.33. The number of aromatic nitrogens is 4. The molecule has 0 saturated heterocycles. The molecule has 0 spiro atoms. The van der Waals surface area contributed by atoms with Gasteiger partial charge in [-0.1, -0.05) is 11.6 Å². The van der Waals surface area contributed by atoms with E-state index in [1.54, 1.807) is 30.8 Å². The van der Waals surface area contributed by atoms with Gasteiger partial charge in [-0.3, -0.25) is 4.79 Å². The van der Waals surface area contributed by atoms with E-state index in [0.29, 0.717) is 22.5 Å². The van der Waals surface area contributed by atoms with Gasteiger partial charge in [-0.2, -0.15) is 0 Å². The second-order valence-electron chi connectivity index (χ2n) is 4.41. The lowest BCUT2D eigenvalue weighted by Crippen LogP contribution is -2.27. The van der Waals surface area contributed by atoms with Crippen molar-refractivity contribution in [3.05, 3.63) is 23.2 Å². The molecule has 0 aliphatic carbocycles. The molecule has 1 atom stereocenters. The number of aryl methyl sites for hydroxylation is 1. The van der Waals surface area contributed by atoms with Gasteiger partial charge in [0.1, 0.15) is 6.10 Å². The molecule has 2 aromatic rings. The summed E-state index contributed by atoms with van der Waals surface area (Å²) in [5, 5.41) is 15.2. The SMILES string of the molecule is CCOC(C)C(=O)Nc1cc(Cl)ccc1Sc1nnnn1C. The minimum Gasteiger partial charge on any atom is -0.369 e. The van der Waals surface area contributed by atoms with E-state index in [-0.39, 0.29) is 5.91 Å². The Kier molecular flexibility index (Phi) is 5.76. The standard InChI is InChI=1S/C13H16ClN5O2S/c1-4-21-8(2)12(20)15-10-7-9(14)5-6-11(10)22-13-16-17-18-19(13)3/h5-8H,4H2,1-3H3,(H,15,20). The molecule has 118 valence electrons. The summed E-state index contributed by atoms with van der Waals surface area (Å²) in [5.41, 5.74) is 0.594. The average molecular weight is 342 g/mol. The summed E-state index contributed by atoms with van der Waals surface area (Å²) in [4.78, 5) is 12.9. The highest BCUT2D eigenvalue weighted by Gasteiger charge is 2.16. The van der Waals surface area contributed by atoms with Crippen molar-refractivity contribution >= 4 is 35.0 Å². The first kappa shape index (κ1) is 16.7. The minimum atomic E-state index is -0.543. The number of benzene rings is 1. The molecule has 7 nitrogen and oxygen atoms in total. The summed E-state index contributed by atoms with van der Waals surface area (Å²) >= 11 is 7.35. The third kappa shape index (κ3) is 4.19. The van der Waals surface area contributed by atoms with Crippen LogP contribution in [0.5, 0.6) is 0 Å². The number of carbonyl (C=O) groups excluding carboxylic acids is 1. The van der Waals surface area contributed by atoms with Crippen molar-refractivity contribution in [3.8, 4) is 0 Å². The Hall–Kier alpha value is -1.64. The first-order chi connectivity index (χ1) is 10.5. The van der Waals surface area contributed by atoms with Gasteiger partial charge in [0.25, 0.3) is 5.91 Å². The predicted octanol–water partition coefficient (Wildman–Crippen LogP) is 2.38. The molecular formula is C13H16ClN5O2S. The largest absolute Gasteiger partial charge is 0.369 e. The van der Waals surface area contributed by atoms with Crippen LogP contribution >= 0.6 is 23.4 Å². The minimum absolute atomic E-state index is 0.234. The van der Waals surface area contributed by atoms with Crippen LogP contribution in [0, 0.1) is 0 Å². The molecule has 1 unspecified atom stereocenters. The number of carbonyl (C=O) groups is 1. The van der Waals surface area contributed by atoms with Crippen LogP contribution in [-0.4, -0.2) is 38.8 Å². The molecule has 2 rings (SSSR count). The number of rotatable bonds is 6. The van der Waals surface area contributed by atoms with Crippen LogP contribution in [-0.2, 0) is 16.6 Å². The van der Waals surface area contributed by atoms with Crippen LogP contribution in [0.3, 0.4) is 0 Å². The zero-order valence-electron chi connectivity index (χ0n) is 12.4. The third-order valence-corrected chi connectivity index (χ3v) is 4.11.